The lowest BCUT2D eigenvalue weighted by atomic mass is 10.2. The molecule has 0 spiro atoms. The van der Waals surface area contributed by atoms with Gasteiger partial charge in [0.25, 0.3) is 0 Å². The molecule has 0 fully saturated rings. The van der Waals surface area contributed by atoms with Crippen molar-refractivity contribution >= 4 is 11.7 Å². The zero-order valence-electron chi connectivity index (χ0n) is 12.0. The van der Waals surface area contributed by atoms with Gasteiger partial charge in [0, 0.05) is 18.8 Å². The lowest BCUT2D eigenvalue weighted by Crippen LogP contribution is -2.36. The van der Waals surface area contributed by atoms with Crippen LogP contribution in [0.1, 0.15) is 20.3 Å². The van der Waals surface area contributed by atoms with Gasteiger partial charge in [-0.25, -0.2) is 0 Å². The Morgan fingerprint density at radius 1 is 1.30 bits per heavy atom. The van der Waals surface area contributed by atoms with Crippen LogP contribution in [0.4, 0.5) is 5.69 Å². The van der Waals surface area contributed by atoms with Crippen LogP contribution in [0.25, 0.3) is 0 Å². The van der Waals surface area contributed by atoms with Gasteiger partial charge in [0.15, 0.2) is 0 Å². The summed E-state index contributed by atoms with van der Waals surface area (Å²) in [5.41, 5.74) is 0.900. The molecular formula is C15H23NO4. The van der Waals surface area contributed by atoms with Crippen LogP contribution < -0.4 is 4.90 Å². The van der Waals surface area contributed by atoms with Crippen molar-refractivity contribution in [3.8, 4) is 0 Å². The van der Waals surface area contributed by atoms with Gasteiger partial charge in [-0.05, 0) is 26.0 Å². The zero-order valence-corrected chi connectivity index (χ0v) is 12.0. The van der Waals surface area contributed by atoms with Crippen molar-refractivity contribution in [3.63, 3.8) is 0 Å². The average Bonchev–Trinajstić information content (AvgIpc) is 2.42. The van der Waals surface area contributed by atoms with E-state index in [1.165, 1.54) is 0 Å². The van der Waals surface area contributed by atoms with E-state index in [0.29, 0.717) is 13.1 Å². The van der Waals surface area contributed by atoms with Gasteiger partial charge in [-0.2, -0.15) is 0 Å². The van der Waals surface area contributed by atoms with E-state index in [2.05, 4.69) is 0 Å². The number of hydrogen-bond acceptors (Lipinski definition) is 4. The highest BCUT2D eigenvalue weighted by Crippen LogP contribution is 2.14. The van der Waals surface area contributed by atoms with Gasteiger partial charge < -0.3 is 19.8 Å². The summed E-state index contributed by atoms with van der Waals surface area (Å²) < 4.78 is 5.37. The summed E-state index contributed by atoms with van der Waals surface area (Å²) in [7, 11) is 0. The number of carboxylic acid groups (broad SMARTS) is 1. The number of aliphatic carboxylic acids is 1. The second-order valence-corrected chi connectivity index (χ2v) is 4.96. The highest BCUT2D eigenvalue weighted by atomic mass is 16.5. The Kier molecular flexibility index (Phi) is 7.04. The number of ether oxygens (including phenoxy) is 1. The molecule has 5 heteroatoms. The predicted octanol–water partition coefficient (Wildman–Crippen LogP) is 1.75. The Morgan fingerprint density at radius 3 is 2.50 bits per heavy atom. The molecule has 1 rings (SSSR count). The summed E-state index contributed by atoms with van der Waals surface area (Å²) >= 11 is 0. The molecule has 0 saturated heterocycles. The number of rotatable bonds is 9. The summed E-state index contributed by atoms with van der Waals surface area (Å²) in [6.45, 7) is 4.77. The number of aliphatic hydroxyl groups excluding tert-OH is 1. The van der Waals surface area contributed by atoms with E-state index in [4.69, 9.17) is 9.84 Å². The van der Waals surface area contributed by atoms with Crippen molar-refractivity contribution in [2.24, 2.45) is 0 Å². The fraction of sp³-hybridized carbons (Fsp3) is 0.533. The molecule has 1 atom stereocenters. The van der Waals surface area contributed by atoms with E-state index in [1.54, 1.807) is 0 Å². The third kappa shape index (κ3) is 6.54. The number of carbonyl (C=O) groups is 1. The smallest absolute Gasteiger partial charge is 0.305 e. The van der Waals surface area contributed by atoms with Crippen LogP contribution in [-0.2, 0) is 9.53 Å². The largest absolute Gasteiger partial charge is 0.481 e. The number of hydrogen-bond donors (Lipinski definition) is 2. The summed E-state index contributed by atoms with van der Waals surface area (Å²) in [5, 5.41) is 18.8. The van der Waals surface area contributed by atoms with Crippen molar-refractivity contribution in [3.05, 3.63) is 30.3 Å². The quantitative estimate of drug-likeness (QED) is 0.721. The fourth-order valence-electron chi connectivity index (χ4n) is 1.81. The standard InChI is InChI=1S/C15H23NO4/c1-12(2)20-11-14(17)10-16(9-8-15(18)19)13-6-4-3-5-7-13/h3-7,12,14,17H,8-11H2,1-2H3,(H,18,19). The molecule has 0 radical (unpaired) electrons. The second kappa shape index (κ2) is 8.55. The molecule has 0 aliphatic carbocycles. The van der Waals surface area contributed by atoms with Gasteiger partial charge in [0.2, 0.25) is 0 Å². The molecule has 2 N–H and O–H groups in total. The monoisotopic (exact) mass is 281 g/mol. The Balaban J connectivity index is 2.60. The first kappa shape index (κ1) is 16.5. The fourth-order valence-corrected chi connectivity index (χ4v) is 1.81. The normalized spacial score (nSPS) is 12.4. The summed E-state index contributed by atoms with van der Waals surface area (Å²) in [5.74, 6) is -0.848. The number of carboxylic acids is 1. The average molecular weight is 281 g/mol. The van der Waals surface area contributed by atoms with E-state index < -0.39 is 12.1 Å². The van der Waals surface area contributed by atoms with E-state index >= 15 is 0 Å². The number of nitrogens with zero attached hydrogens (tertiary/aromatic N) is 1. The molecule has 1 unspecified atom stereocenters. The minimum atomic E-state index is -0.848. The highest BCUT2D eigenvalue weighted by Gasteiger charge is 2.14. The van der Waals surface area contributed by atoms with Crippen LogP contribution in [0.5, 0.6) is 0 Å². The highest BCUT2D eigenvalue weighted by molar-refractivity contribution is 5.67. The first-order valence-corrected chi connectivity index (χ1v) is 6.80. The maximum atomic E-state index is 10.7. The Morgan fingerprint density at radius 2 is 1.95 bits per heavy atom. The molecule has 0 heterocycles. The molecule has 5 nitrogen and oxygen atoms in total. The van der Waals surface area contributed by atoms with Gasteiger partial charge in [-0.1, -0.05) is 18.2 Å². The lowest BCUT2D eigenvalue weighted by Gasteiger charge is -2.27. The van der Waals surface area contributed by atoms with E-state index in [1.807, 2.05) is 49.1 Å². The van der Waals surface area contributed by atoms with Crippen molar-refractivity contribution < 1.29 is 19.7 Å². The first-order valence-electron chi connectivity index (χ1n) is 6.80. The summed E-state index contributed by atoms with van der Waals surface area (Å²) in [6.07, 6.45) is -0.549. The zero-order chi connectivity index (χ0) is 15.0. The van der Waals surface area contributed by atoms with Crippen molar-refractivity contribution in [2.45, 2.75) is 32.5 Å². The predicted molar refractivity (Wildman–Crippen MR) is 78.0 cm³/mol. The third-order valence-electron chi connectivity index (χ3n) is 2.77. The van der Waals surface area contributed by atoms with Crippen LogP contribution >= 0.6 is 0 Å². The van der Waals surface area contributed by atoms with Gasteiger partial charge in [-0.3, -0.25) is 4.79 Å². The molecule has 20 heavy (non-hydrogen) atoms. The van der Waals surface area contributed by atoms with Crippen molar-refractivity contribution in [1.82, 2.24) is 0 Å². The first-order chi connectivity index (χ1) is 9.49. The number of benzene rings is 1. The van der Waals surface area contributed by atoms with Crippen molar-refractivity contribution in [2.75, 3.05) is 24.6 Å². The minimum Gasteiger partial charge on any atom is -0.481 e. The Bertz CT molecular complexity index is 394. The number of para-hydroxylation sites is 1. The topological polar surface area (TPSA) is 70.0 Å². The van der Waals surface area contributed by atoms with E-state index in [0.717, 1.165) is 5.69 Å². The van der Waals surface area contributed by atoms with Crippen LogP contribution in [-0.4, -0.2) is 48.1 Å². The molecule has 0 saturated carbocycles. The third-order valence-corrected chi connectivity index (χ3v) is 2.77. The van der Waals surface area contributed by atoms with Crippen LogP contribution in [0.15, 0.2) is 30.3 Å². The van der Waals surface area contributed by atoms with Gasteiger partial charge in [0.1, 0.15) is 0 Å². The maximum Gasteiger partial charge on any atom is 0.305 e. The molecule has 0 bridgehead atoms. The van der Waals surface area contributed by atoms with E-state index in [9.17, 15) is 9.90 Å². The summed E-state index contributed by atoms with van der Waals surface area (Å²) in [6, 6.07) is 9.48. The van der Waals surface area contributed by atoms with Crippen LogP contribution in [0, 0.1) is 0 Å². The Labute approximate surface area is 119 Å². The molecule has 112 valence electrons. The molecule has 0 aliphatic rings. The molecule has 1 aromatic rings. The van der Waals surface area contributed by atoms with Crippen LogP contribution in [0.3, 0.4) is 0 Å². The lowest BCUT2D eigenvalue weighted by molar-refractivity contribution is -0.136. The van der Waals surface area contributed by atoms with Crippen molar-refractivity contribution in [1.29, 1.82) is 0 Å². The SMILES string of the molecule is CC(C)OCC(O)CN(CCC(=O)O)c1ccccc1. The molecule has 0 amide bonds. The van der Waals surface area contributed by atoms with Gasteiger partial charge in [-0.15, -0.1) is 0 Å². The minimum absolute atomic E-state index is 0.0344. The number of aliphatic hydroxyl groups is 1. The maximum absolute atomic E-state index is 10.7. The summed E-state index contributed by atoms with van der Waals surface area (Å²) in [4.78, 5) is 12.6. The molecule has 0 aliphatic heterocycles. The van der Waals surface area contributed by atoms with E-state index in [-0.39, 0.29) is 19.1 Å². The Hall–Kier alpha value is -1.59. The second-order valence-electron chi connectivity index (χ2n) is 4.96. The molecule has 1 aromatic carbocycles. The van der Waals surface area contributed by atoms with Crippen LogP contribution in [0.2, 0.25) is 0 Å². The van der Waals surface area contributed by atoms with Gasteiger partial charge in [0.05, 0.1) is 25.2 Å². The number of anilines is 1. The molecular weight excluding hydrogens is 258 g/mol. The van der Waals surface area contributed by atoms with Gasteiger partial charge >= 0.3 is 5.97 Å². The molecule has 0 aromatic heterocycles.